The van der Waals surface area contributed by atoms with E-state index < -0.39 is 22.6 Å². The Morgan fingerprint density at radius 3 is 1.48 bits per heavy atom. The van der Waals surface area contributed by atoms with Crippen molar-refractivity contribution in [1.29, 1.82) is 0 Å². The lowest BCUT2D eigenvalue weighted by atomic mass is 9.53. The Bertz CT molecular complexity index is 1290. The number of allylic oxidation sites excluding steroid dienone is 6. The average Bonchev–Trinajstić information content (AvgIpc) is 2.98. The van der Waals surface area contributed by atoms with Crippen molar-refractivity contribution >= 4 is 11.8 Å². The van der Waals surface area contributed by atoms with Crippen LogP contribution in [0.3, 0.4) is 0 Å². The minimum absolute atomic E-state index is 0.0396. The molecule has 0 saturated heterocycles. The third-order valence-electron chi connectivity index (χ3n) is 8.48. The fourth-order valence-corrected chi connectivity index (χ4v) is 6.18. The molecule has 2 heterocycles. The lowest BCUT2D eigenvalue weighted by molar-refractivity contribution is -0.116. The number of pyridine rings is 2. The first-order valence-electron chi connectivity index (χ1n) is 14.1. The van der Waals surface area contributed by atoms with E-state index in [0.717, 1.165) is 11.1 Å². The van der Waals surface area contributed by atoms with Crippen molar-refractivity contribution in [2.24, 2.45) is 23.3 Å². The molecule has 0 spiro atoms. The quantitative estimate of drug-likeness (QED) is 0.193. The summed E-state index contributed by atoms with van der Waals surface area (Å²) in [5, 5.41) is 24.4. The van der Waals surface area contributed by atoms with Crippen LogP contribution in [0.5, 0.6) is 0 Å². The van der Waals surface area contributed by atoms with Gasteiger partial charge in [0.2, 0.25) is 11.8 Å². The Balaban J connectivity index is 1.79. The van der Waals surface area contributed by atoms with Gasteiger partial charge in [-0.2, -0.15) is 0 Å². The van der Waals surface area contributed by atoms with E-state index in [9.17, 15) is 9.59 Å². The number of nitrogens with zero attached hydrogens (tertiary/aromatic N) is 2. The summed E-state index contributed by atoms with van der Waals surface area (Å²) in [5.41, 5.74) is 14.1. The first-order valence-corrected chi connectivity index (χ1v) is 14.1. The Hall–Kier alpha value is -3.96. The van der Waals surface area contributed by atoms with Gasteiger partial charge in [0.15, 0.2) is 0 Å². The van der Waals surface area contributed by atoms with Gasteiger partial charge in [0, 0.05) is 60.5 Å². The highest BCUT2D eigenvalue weighted by molar-refractivity contribution is 5.96. The normalized spacial score (nSPS) is 25.1. The molecule has 4 rings (SSSR count). The monoisotopic (exact) mass is 572 g/mol. The average molecular weight is 573 g/mol. The highest BCUT2D eigenvalue weighted by atomic mass is 16.3. The minimum Gasteiger partial charge on any atom is -0.395 e. The Kier molecular flexibility index (Phi) is 9.85. The molecule has 10 heteroatoms. The van der Waals surface area contributed by atoms with Crippen LogP contribution in [0, 0.1) is 11.8 Å². The van der Waals surface area contributed by atoms with Gasteiger partial charge in [-0.05, 0) is 48.9 Å². The topological polar surface area (TPSA) is 176 Å². The van der Waals surface area contributed by atoms with Gasteiger partial charge >= 0.3 is 0 Å². The summed E-state index contributed by atoms with van der Waals surface area (Å²) < 4.78 is 0. The lowest BCUT2D eigenvalue weighted by Gasteiger charge is -2.49. The summed E-state index contributed by atoms with van der Waals surface area (Å²) in [5.74, 6) is -1.81. The van der Waals surface area contributed by atoms with E-state index in [0.29, 0.717) is 48.7 Å². The minimum atomic E-state index is -0.942. The van der Waals surface area contributed by atoms with Crippen LogP contribution >= 0.6 is 0 Å². The summed E-state index contributed by atoms with van der Waals surface area (Å²) in [6.45, 7) is 6.03. The standard InChI is InChI=1S/C32H40N6O4/c1-31(27-11-9-21(19-37-27)17-35-13-15-39)23(5-3-7-25(31)29(33)41)24-6-4-8-26(30(34)42)32(24,2)28-12-10-22(20-38-28)18-36-14-16-40/h3-12,19-20,23-24,35-36,39-40H,13-18H2,1-2H3,(H2,33,41)(H2,34,42). The van der Waals surface area contributed by atoms with Gasteiger partial charge in [-0.3, -0.25) is 19.6 Å². The van der Waals surface area contributed by atoms with Crippen molar-refractivity contribution < 1.29 is 19.8 Å². The maximum atomic E-state index is 12.9. The lowest BCUT2D eigenvalue weighted by Crippen LogP contribution is -2.51. The number of aliphatic hydroxyl groups is 2. The van der Waals surface area contributed by atoms with E-state index in [1.165, 1.54) is 0 Å². The highest BCUT2D eigenvalue weighted by Gasteiger charge is 2.53. The van der Waals surface area contributed by atoms with Crippen LogP contribution in [0.25, 0.3) is 0 Å². The van der Waals surface area contributed by atoms with Crippen LogP contribution in [0.1, 0.15) is 36.4 Å². The number of aliphatic hydroxyl groups excluding tert-OH is 2. The van der Waals surface area contributed by atoms with Crippen LogP contribution in [-0.2, 0) is 33.5 Å². The molecule has 0 saturated carbocycles. The van der Waals surface area contributed by atoms with Gasteiger partial charge in [-0.25, -0.2) is 0 Å². The predicted octanol–water partition coefficient (Wildman–Crippen LogP) is 1.05. The summed E-state index contributed by atoms with van der Waals surface area (Å²) in [6.07, 6.45) is 14.7. The number of rotatable bonds is 13. The number of aromatic nitrogens is 2. The van der Waals surface area contributed by atoms with Gasteiger partial charge in [-0.15, -0.1) is 0 Å². The van der Waals surface area contributed by atoms with Crippen molar-refractivity contribution in [2.45, 2.75) is 37.8 Å². The van der Waals surface area contributed by atoms with E-state index in [1.807, 2.05) is 62.4 Å². The second-order valence-corrected chi connectivity index (χ2v) is 11.0. The van der Waals surface area contributed by atoms with Gasteiger partial charge in [-0.1, -0.05) is 48.6 Å². The van der Waals surface area contributed by atoms with Crippen LogP contribution in [-0.4, -0.2) is 58.3 Å². The van der Waals surface area contributed by atoms with E-state index in [-0.39, 0.29) is 25.0 Å². The Morgan fingerprint density at radius 2 is 1.17 bits per heavy atom. The number of amides is 2. The summed E-state index contributed by atoms with van der Waals surface area (Å²) >= 11 is 0. The van der Waals surface area contributed by atoms with E-state index in [2.05, 4.69) is 10.6 Å². The molecule has 2 aliphatic rings. The van der Waals surface area contributed by atoms with Gasteiger partial charge in [0.05, 0.1) is 24.6 Å². The van der Waals surface area contributed by atoms with Gasteiger partial charge in [0.1, 0.15) is 0 Å². The van der Waals surface area contributed by atoms with Gasteiger partial charge < -0.3 is 32.3 Å². The number of carbonyl (C=O) groups excluding carboxylic acids is 2. The zero-order chi connectivity index (χ0) is 30.3. The molecule has 10 nitrogen and oxygen atoms in total. The molecule has 0 radical (unpaired) electrons. The fourth-order valence-electron chi connectivity index (χ4n) is 6.18. The number of nitrogens with one attached hydrogen (secondary N) is 2. The molecular weight excluding hydrogens is 532 g/mol. The van der Waals surface area contributed by atoms with E-state index in [1.54, 1.807) is 24.5 Å². The Labute approximate surface area is 246 Å². The van der Waals surface area contributed by atoms with Crippen LogP contribution < -0.4 is 22.1 Å². The molecule has 0 aromatic carbocycles. The van der Waals surface area contributed by atoms with Crippen LogP contribution in [0.15, 0.2) is 84.3 Å². The third-order valence-corrected chi connectivity index (χ3v) is 8.48. The molecule has 222 valence electrons. The second kappa shape index (κ2) is 13.3. The molecule has 4 unspecified atom stereocenters. The fraction of sp³-hybridized carbons (Fsp3) is 0.375. The van der Waals surface area contributed by atoms with Crippen LogP contribution in [0.4, 0.5) is 0 Å². The van der Waals surface area contributed by atoms with Crippen molar-refractivity contribution in [2.75, 3.05) is 26.3 Å². The summed E-state index contributed by atoms with van der Waals surface area (Å²) in [7, 11) is 0. The molecule has 8 N–H and O–H groups in total. The largest absolute Gasteiger partial charge is 0.395 e. The number of carbonyl (C=O) groups is 2. The number of nitrogens with two attached hydrogens (primary N) is 2. The predicted molar refractivity (Wildman–Crippen MR) is 161 cm³/mol. The maximum Gasteiger partial charge on any atom is 0.245 e. The van der Waals surface area contributed by atoms with Crippen molar-refractivity contribution in [3.63, 3.8) is 0 Å². The molecule has 0 aliphatic heterocycles. The third kappa shape index (κ3) is 5.98. The molecule has 4 atom stereocenters. The maximum absolute atomic E-state index is 12.9. The second-order valence-electron chi connectivity index (χ2n) is 11.0. The Morgan fingerprint density at radius 1 is 0.762 bits per heavy atom. The zero-order valence-corrected chi connectivity index (χ0v) is 24.1. The molecular formula is C32H40N6O4. The first kappa shape index (κ1) is 31.0. The van der Waals surface area contributed by atoms with Crippen LogP contribution in [0.2, 0.25) is 0 Å². The molecule has 2 aromatic rings. The smallest absolute Gasteiger partial charge is 0.245 e. The molecule has 2 amide bonds. The molecule has 2 aliphatic carbocycles. The summed E-state index contributed by atoms with van der Waals surface area (Å²) in [4.78, 5) is 35.4. The SMILES string of the molecule is CC1(c2ccc(CNCCO)cn2)C(C(N)=O)=CC=CC1C1C=CC=C(C(N)=O)C1(C)c1ccc(CNCCO)cn1. The summed E-state index contributed by atoms with van der Waals surface area (Å²) in [6, 6.07) is 7.70. The van der Waals surface area contributed by atoms with Crippen molar-refractivity contribution in [3.8, 4) is 0 Å². The molecule has 2 aromatic heterocycles. The zero-order valence-electron chi connectivity index (χ0n) is 24.1. The molecule has 0 fully saturated rings. The van der Waals surface area contributed by atoms with Crippen molar-refractivity contribution in [3.05, 3.63) is 107 Å². The number of hydrogen-bond donors (Lipinski definition) is 6. The van der Waals surface area contributed by atoms with Crippen molar-refractivity contribution in [1.82, 2.24) is 20.6 Å². The van der Waals surface area contributed by atoms with Gasteiger partial charge in [0.25, 0.3) is 0 Å². The first-order chi connectivity index (χ1) is 20.2. The van der Waals surface area contributed by atoms with E-state index in [4.69, 9.17) is 31.6 Å². The number of primary amides is 2. The highest BCUT2D eigenvalue weighted by Crippen LogP contribution is 2.53. The van der Waals surface area contributed by atoms with E-state index >= 15 is 0 Å². The molecule has 42 heavy (non-hydrogen) atoms. The molecule has 0 bridgehead atoms. The number of hydrogen-bond acceptors (Lipinski definition) is 8.